The zero-order chi connectivity index (χ0) is 18.9. The number of urea groups is 1. The number of carbonyl (C=O) groups excluding carboxylic acids is 1. The van der Waals surface area contributed by atoms with Crippen LogP contribution in [0.1, 0.15) is 16.7 Å². The summed E-state index contributed by atoms with van der Waals surface area (Å²) < 4.78 is 0. The van der Waals surface area contributed by atoms with E-state index in [1.807, 2.05) is 89.8 Å². The van der Waals surface area contributed by atoms with Crippen molar-refractivity contribution in [3.05, 3.63) is 107 Å². The van der Waals surface area contributed by atoms with Crippen LogP contribution >= 0.6 is 11.6 Å². The molecule has 0 aliphatic rings. The maximum absolute atomic E-state index is 12.8. The molecule has 0 unspecified atom stereocenters. The van der Waals surface area contributed by atoms with Crippen LogP contribution in [0.15, 0.2) is 84.9 Å². The molecule has 0 fully saturated rings. The Bertz CT molecular complexity index is 794. The largest absolute Gasteiger partial charge is 0.338 e. The van der Waals surface area contributed by atoms with E-state index < -0.39 is 0 Å². The van der Waals surface area contributed by atoms with Crippen LogP contribution in [0.25, 0.3) is 0 Å². The van der Waals surface area contributed by atoms with E-state index in [2.05, 4.69) is 5.32 Å². The minimum Gasteiger partial charge on any atom is -0.338 e. The first-order valence-electron chi connectivity index (χ1n) is 9.06. The molecule has 0 saturated heterocycles. The van der Waals surface area contributed by atoms with Crippen molar-refractivity contribution in [2.75, 3.05) is 6.54 Å². The van der Waals surface area contributed by atoms with Gasteiger partial charge in [0.15, 0.2) is 0 Å². The van der Waals surface area contributed by atoms with Gasteiger partial charge in [-0.2, -0.15) is 0 Å². The molecular formula is C23H23ClN2O. The Kier molecular flexibility index (Phi) is 6.89. The quantitative estimate of drug-likeness (QED) is 0.594. The van der Waals surface area contributed by atoms with Crippen LogP contribution < -0.4 is 5.32 Å². The van der Waals surface area contributed by atoms with E-state index in [1.165, 1.54) is 0 Å². The zero-order valence-corrected chi connectivity index (χ0v) is 15.9. The highest BCUT2D eigenvalue weighted by Gasteiger charge is 2.14. The molecule has 0 heterocycles. The number of hydrogen-bond acceptors (Lipinski definition) is 1. The van der Waals surface area contributed by atoms with Gasteiger partial charge in [-0.25, -0.2) is 4.79 Å². The lowest BCUT2D eigenvalue weighted by molar-refractivity contribution is 0.192. The Hall–Kier alpha value is -2.78. The summed E-state index contributed by atoms with van der Waals surface area (Å²) in [5.41, 5.74) is 3.37. The standard InChI is InChI=1S/C23H23ClN2O/c24-22-13-11-19(12-14-22)15-16-25-23(27)26(17-20-7-3-1-4-8-20)18-21-9-5-2-6-10-21/h1-14H,15-18H2,(H,25,27). The van der Waals surface area contributed by atoms with Crippen molar-refractivity contribution < 1.29 is 4.79 Å². The third kappa shape index (κ3) is 6.15. The van der Waals surface area contributed by atoms with E-state index in [0.717, 1.165) is 28.1 Å². The molecule has 0 radical (unpaired) electrons. The van der Waals surface area contributed by atoms with Crippen molar-refractivity contribution in [1.29, 1.82) is 0 Å². The monoisotopic (exact) mass is 378 g/mol. The maximum Gasteiger partial charge on any atom is 0.318 e. The van der Waals surface area contributed by atoms with Crippen molar-refractivity contribution in [1.82, 2.24) is 10.2 Å². The molecule has 0 spiro atoms. The number of benzene rings is 3. The van der Waals surface area contributed by atoms with E-state index in [0.29, 0.717) is 19.6 Å². The van der Waals surface area contributed by atoms with Gasteiger partial charge in [-0.05, 0) is 35.2 Å². The van der Waals surface area contributed by atoms with Gasteiger partial charge in [-0.1, -0.05) is 84.4 Å². The third-order valence-corrected chi connectivity index (χ3v) is 4.57. The number of carbonyl (C=O) groups is 1. The highest BCUT2D eigenvalue weighted by molar-refractivity contribution is 6.30. The summed E-state index contributed by atoms with van der Waals surface area (Å²) in [5, 5.41) is 3.76. The first-order chi connectivity index (χ1) is 13.2. The van der Waals surface area contributed by atoms with Crippen LogP contribution in [0.4, 0.5) is 4.79 Å². The van der Waals surface area contributed by atoms with Crippen LogP contribution in [-0.4, -0.2) is 17.5 Å². The van der Waals surface area contributed by atoms with Crippen molar-refractivity contribution in [3.63, 3.8) is 0 Å². The Balaban J connectivity index is 1.61. The Morgan fingerprint density at radius 1 is 0.741 bits per heavy atom. The summed E-state index contributed by atoms with van der Waals surface area (Å²) in [6, 6.07) is 27.8. The van der Waals surface area contributed by atoms with Gasteiger partial charge < -0.3 is 10.2 Å². The van der Waals surface area contributed by atoms with E-state index in [4.69, 9.17) is 11.6 Å². The summed E-state index contributed by atoms with van der Waals surface area (Å²) in [7, 11) is 0. The van der Waals surface area contributed by atoms with Gasteiger partial charge >= 0.3 is 6.03 Å². The SMILES string of the molecule is O=C(NCCc1ccc(Cl)cc1)N(Cc1ccccc1)Cc1ccccc1. The molecular weight excluding hydrogens is 356 g/mol. The predicted molar refractivity (Wildman–Crippen MR) is 111 cm³/mol. The van der Waals surface area contributed by atoms with Gasteiger partial charge in [0.2, 0.25) is 0 Å². The Morgan fingerprint density at radius 2 is 1.26 bits per heavy atom. The Labute approximate surface area is 165 Å². The van der Waals surface area contributed by atoms with Gasteiger partial charge in [0.05, 0.1) is 0 Å². The van der Waals surface area contributed by atoms with Gasteiger partial charge in [0.1, 0.15) is 0 Å². The van der Waals surface area contributed by atoms with Gasteiger partial charge in [-0.15, -0.1) is 0 Å². The van der Waals surface area contributed by atoms with Crippen LogP contribution in [0.3, 0.4) is 0 Å². The van der Waals surface area contributed by atoms with Crippen molar-refractivity contribution in [2.24, 2.45) is 0 Å². The van der Waals surface area contributed by atoms with E-state index in [9.17, 15) is 4.79 Å². The van der Waals surface area contributed by atoms with Crippen LogP contribution in [0, 0.1) is 0 Å². The zero-order valence-electron chi connectivity index (χ0n) is 15.1. The summed E-state index contributed by atoms with van der Waals surface area (Å²) in [4.78, 5) is 14.6. The molecule has 2 amide bonds. The highest BCUT2D eigenvalue weighted by Crippen LogP contribution is 2.11. The Morgan fingerprint density at radius 3 is 1.78 bits per heavy atom. The van der Waals surface area contributed by atoms with Gasteiger partial charge in [0.25, 0.3) is 0 Å². The number of rotatable bonds is 7. The molecule has 0 aliphatic carbocycles. The smallest absolute Gasteiger partial charge is 0.318 e. The lowest BCUT2D eigenvalue weighted by Gasteiger charge is -2.23. The fourth-order valence-corrected chi connectivity index (χ4v) is 3.01. The molecule has 3 aromatic rings. The third-order valence-electron chi connectivity index (χ3n) is 4.32. The minimum absolute atomic E-state index is 0.0586. The summed E-state index contributed by atoms with van der Waals surface area (Å²) in [5.74, 6) is 0. The molecule has 0 atom stereocenters. The second-order valence-corrected chi connectivity index (χ2v) is 6.87. The van der Waals surface area contributed by atoms with Gasteiger partial charge in [-0.3, -0.25) is 0 Å². The van der Waals surface area contributed by atoms with E-state index in [1.54, 1.807) is 0 Å². The molecule has 0 aliphatic heterocycles. The first-order valence-corrected chi connectivity index (χ1v) is 9.43. The van der Waals surface area contributed by atoms with E-state index >= 15 is 0 Å². The van der Waals surface area contributed by atoms with Crippen LogP contribution in [-0.2, 0) is 19.5 Å². The summed E-state index contributed by atoms with van der Waals surface area (Å²) in [6.45, 7) is 1.73. The lowest BCUT2D eigenvalue weighted by Crippen LogP contribution is -2.40. The lowest BCUT2D eigenvalue weighted by atomic mass is 10.1. The first kappa shape index (κ1) is 19.0. The molecule has 0 saturated carbocycles. The number of amides is 2. The molecule has 27 heavy (non-hydrogen) atoms. The number of hydrogen-bond donors (Lipinski definition) is 1. The molecule has 1 N–H and O–H groups in total. The minimum atomic E-state index is -0.0586. The fraction of sp³-hybridized carbons (Fsp3) is 0.174. The predicted octanol–water partition coefficient (Wildman–Crippen LogP) is 5.29. The van der Waals surface area contributed by atoms with Crippen molar-refractivity contribution in [3.8, 4) is 0 Å². The summed E-state index contributed by atoms with van der Waals surface area (Å²) >= 11 is 5.92. The van der Waals surface area contributed by atoms with Crippen LogP contribution in [0.5, 0.6) is 0 Å². The number of halogens is 1. The number of nitrogens with one attached hydrogen (secondary N) is 1. The molecule has 138 valence electrons. The molecule has 0 aromatic heterocycles. The summed E-state index contributed by atoms with van der Waals surface area (Å²) in [6.07, 6.45) is 0.771. The van der Waals surface area contributed by atoms with Gasteiger partial charge in [0, 0.05) is 24.7 Å². The fourth-order valence-electron chi connectivity index (χ4n) is 2.88. The van der Waals surface area contributed by atoms with Crippen molar-refractivity contribution >= 4 is 17.6 Å². The average molecular weight is 379 g/mol. The topological polar surface area (TPSA) is 32.3 Å². The van der Waals surface area contributed by atoms with Crippen LogP contribution in [0.2, 0.25) is 5.02 Å². The van der Waals surface area contributed by atoms with Crippen molar-refractivity contribution in [2.45, 2.75) is 19.5 Å². The number of nitrogens with zero attached hydrogens (tertiary/aromatic N) is 1. The molecule has 4 heteroatoms. The molecule has 3 aromatic carbocycles. The molecule has 3 nitrogen and oxygen atoms in total. The highest BCUT2D eigenvalue weighted by atomic mass is 35.5. The average Bonchev–Trinajstić information content (AvgIpc) is 2.70. The molecule has 3 rings (SSSR count). The molecule has 0 bridgehead atoms. The second kappa shape index (κ2) is 9.79. The second-order valence-electron chi connectivity index (χ2n) is 6.44. The maximum atomic E-state index is 12.8. The van der Waals surface area contributed by atoms with E-state index in [-0.39, 0.29) is 6.03 Å². The normalized spacial score (nSPS) is 10.4.